The quantitative estimate of drug-likeness (QED) is 0.0374. The fourth-order valence-corrected chi connectivity index (χ4v) is 7.05. The van der Waals surface area contributed by atoms with Crippen molar-refractivity contribution in [3.8, 4) is 0 Å². The summed E-state index contributed by atoms with van der Waals surface area (Å²) in [7, 11) is 0. The number of amides is 1. The van der Waals surface area contributed by atoms with E-state index in [1.807, 2.05) is 6.08 Å². The minimum absolute atomic E-state index is 0.0687. The third-order valence-electron chi connectivity index (χ3n) is 10.5. The van der Waals surface area contributed by atoms with Gasteiger partial charge in [0.05, 0.1) is 31.3 Å². The van der Waals surface area contributed by atoms with Gasteiger partial charge in [-0.15, -0.1) is 0 Å². The summed E-state index contributed by atoms with van der Waals surface area (Å²) in [5, 5.41) is 33.2. The van der Waals surface area contributed by atoms with Crippen molar-refractivity contribution in [3.63, 3.8) is 0 Å². The lowest BCUT2D eigenvalue weighted by Crippen LogP contribution is -2.46. The van der Waals surface area contributed by atoms with Gasteiger partial charge in [-0.25, -0.2) is 0 Å². The predicted octanol–water partition coefficient (Wildman–Crippen LogP) is 13.0. The maximum Gasteiger partial charge on any atom is 0.223 e. The Morgan fingerprint density at radius 1 is 0.510 bits per heavy atom. The van der Waals surface area contributed by atoms with Gasteiger partial charge < -0.3 is 20.6 Å². The molecule has 1 amide bonds. The SMILES string of the molecule is CCCCCCCC/C=C\C/C=C\C(O)CC(=O)NC(CO)C(O)CCCCCCCCCCCCCCCCCCCCCCCCCCC. The molecule has 0 spiro atoms. The number of aliphatic hydroxyl groups excluding tert-OH is 3. The van der Waals surface area contributed by atoms with Gasteiger partial charge in [0.1, 0.15) is 0 Å². The maximum atomic E-state index is 12.4. The molecule has 0 aliphatic rings. The van der Waals surface area contributed by atoms with Crippen LogP contribution in [0.1, 0.15) is 239 Å². The first-order valence-electron chi connectivity index (χ1n) is 22.6. The van der Waals surface area contributed by atoms with E-state index >= 15 is 0 Å². The number of unbranched alkanes of at least 4 members (excludes halogenated alkanes) is 30. The fraction of sp³-hybridized carbons (Fsp3) is 0.891. The van der Waals surface area contributed by atoms with E-state index in [-0.39, 0.29) is 18.9 Å². The Kier molecular flexibility index (Phi) is 40.6. The average Bonchev–Trinajstić information content (AvgIpc) is 3.12. The lowest BCUT2D eigenvalue weighted by atomic mass is 10.0. The van der Waals surface area contributed by atoms with E-state index in [9.17, 15) is 20.1 Å². The van der Waals surface area contributed by atoms with Crippen LogP contribution in [0.2, 0.25) is 0 Å². The zero-order chi connectivity index (χ0) is 37.3. The third-order valence-corrected chi connectivity index (χ3v) is 10.5. The molecule has 0 aliphatic heterocycles. The molecule has 0 fully saturated rings. The van der Waals surface area contributed by atoms with E-state index in [4.69, 9.17) is 0 Å². The highest BCUT2D eigenvalue weighted by atomic mass is 16.3. The van der Waals surface area contributed by atoms with Crippen molar-refractivity contribution >= 4 is 5.91 Å². The average molecular weight is 720 g/mol. The largest absolute Gasteiger partial charge is 0.394 e. The molecule has 0 bridgehead atoms. The van der Waals surface area contributed by atoms with Crippen LogP contribution in [-0.4, -0.2) is 46.1 Å². The lowest BCUT2D eigenvalue weighted by molar-refractivity contribution is -0.124. The topological polar surface area (TPSA) is 89.8 Å². The minimum atomic E-state index is -0.868. The van der Waals surface area contributed by atoms with Gasteiger partial charge in [-0.05, 0) is 25.7 Å². The number of rotatable bonds is 41. The van der Waals surface area contributed by atoms with Gasteiger partial charge in [0.25, 0.3) is 0 Å². The molecule has 51 heavy (non-hydrogen) atoms. The molecule has 0 saturated carbocycles. The summed E-state index contributed by atoms with van der Waals surface area (Å²) in [5.74, 6) is -0.348. The van der Waals surface area contributed by atoms with E-state index in [0.29, 0.717) is 6.42 Å². The van der Waals surface area contributed by atoms with Crippen LogP contribution in [0.3, 0.4) is 0 Å². The van der Waals surface area contributed by atoms with Crippen LogP contribution in [0.25, 0.3) is 0 Å². The summed E-state index contributed by atoms with van der Waals surface area (Å²) in [5.41, 5.74) is 0. The van der Waals surface area contributed by atoms with Crippen molar-refractivity contribution in [3.05, 3.63) is 24.3 Å². The van der Waals surface area contributed by atoms with Crippen molar-refractivity contribution < 1.29 is 20.1 Å². The van der Waals surface area contributed by atoms with E-state index in [1.54, 1.807) is 6.08 Å². The van der Waals surface area contributed by atoms with Crippen molar-refractivity contribution in [2.24, 2.45) is 0 Å². The zero-order valence-electron chi connectivity index (χ0n) is 34.2. The first-order chi connectivity index (χ1) is 25.0. The Hall–Kier alpha value is -1.17. The smallest absolute Gasteiger partial charge is 0.223 e. The van der Waals surface area contributed by atoms with Gasteiger partial charge >= 0.3 is 0 Å². The molecular weight excluding hydrogens is 631 g/mol. The third kappa shape index (κ3) is 38.4. The van der Waals surface area contributed by atoms with Crippen LogP contribution in [0.15, 0.2) is 24.3 Å². The minimum Gasteiger partial charge on any atom is -0.394 e. The number of aliphatic hydroxyl groups is 3. The lowest BCUT2D eigenvalue weighted by Gasteiger charge is -2.22. The van der Waals surface area contributed by atoms with Gasteiger partial charge in [-0.2, -0.15) is 0 Å². The summed E-state index contributed by atoms with van der Waals surface area (Å²) in [6, 6.07) is -0.687. The van der Waals surface area contributed by atoms with Crippen LogP contribution < -0.4 is 5.32 Å². The van der Waals surface area contributed by atoms with Gasteiger partial charge in [0, 0.05) is 0 Å². The van der Waals surface area contributed by atoms with Gasteiger partial charge in [0.2, 0.25) is 5.91 Å². The van der Waals surface area contributed by atoms with Crippen LogP contribution in [0.4, 0.5) is 0 Å². The highest BCUT2D eigenvalue weighted by Gasteiger charge is 2.21. The van der Waals surface area contributed by atoms with Gasteiger partial charge in [-0.1, -0.05) is 231 Å². The zero-order valence-corrected chi connectivity index (χ0v) is 34.2. The van der Waals surface area contributed by atoms with Crippen molar-refractivity contribution in [1.82, 2.24) is 5.32 Å². The van der Waals surface area contributed by atoms with Crippen molar-refractivity contribution in [1.29, 1.82) is 0 Å². The van der Waals surface area contributed by atoms with E-state index < -0.39 is 18.2 Å². The summed E-state index contributed by atoms with van der Waals surface area (Å²) in [6.07, 6.45) is 50.4. The van der Waals surface area contributed by atoms with Gasteiger partial charge in [-0.3, -0.25) is 4.79 Å². The molecule has 0 radical (unpaired) electrons. The number of allylic oxidation sites excluding steroid dienone is 3. The second-order valence-corrected chi connectivity index (χ2v) is 15.7. The van der Waals surface area contributed by atoms with Crippen LogP contribution in [0.5, 0.6) is 0 Å². The molecule has 0 rings (SSSR count). The summed E-state index contributed by atoms with van der Waals surface area (Å²) in [4.78, 5) is 12.4. The Labute approximate surface area is 318 Å². The molecule has 0 aromatic rings. The summed E-state index contributed by atoms with van der Waals surface area (Å²) in [6.45, 7) is 4.23. The summed E-state index contributed by atoms with van der Waals surface area (Å²) >= 11 is 0. The van der Waals surface area contributed by atoms with Gasteiger partial charge in [0.15, 0.2) is 0 Å². The molecule has 5 heteroatoms. The molecule has 4 N–H and O–H groups in total. The molecule has 0 aliphatic carbocycles. The molecule has 3 unspecified atom stereocenters. The number of carbonyl (C=O) groups excluding carboxylic acids is 1. The predicted molar refractivity (Wildman–Crippen MR) is 222 cm³/mol. The first kappa shape index (κ1) is 49.8. The second-order valence-electron chi connectivity index (χ2n) is 15.7. The standard InChI is InChI=1S/C46H89NO4/c1-3-5-7-9-11-13-15-16-17-18-19-20-21-22-23-24-25-26-27-28-30-32-34-36-38-40-45(50)44(42-48)47-46(51)41-43(49)39-37-35-33-31-29-14-12-10-8-6-4-2/h31,33,37,39,43-45,48-50H,3-30,32,34-36,38,40-42H2,1-2H3,(H,47,51)/b33-31-,39-37-. The summed E-state index contributed by atoms with van der Waals surface area (Å²) < 4.78 is 0. The van der Waals surface area contributed by atoms with Crippen LogP contribution >= 0.6 is 0 Å². The van der Waals surface area contributed by atoms with E-state index in [0.717, 1.165) is 25.7 Å². The molecular formula is C46H89NO4. The number of hydrogen-bond donors (Lipinski definition) is 4. The number of carbonyl (C=O) groups is 1. The molecule has 0 aromatic heterocycles. The highest BCUT2D eigenvalue weighted by Crippen LogP contribution is 2.17. The fourth-order valence-electron chi connectivity index (χ4n) is 7.05. The van der Waals surface area contributed by atoms with E-state index in [2.05, 4.69) is 31.3 Å². The highest BCUT2D eigenvalue weighted by molar-refractivity contribution is 5.77. The molecule has 0 saturated heterocycles. The molecule has 5 nitrogen and oxygen atoms in total. The second kappa shape index (κ2) is 41.6. The molecule has 302 valence electrons. The monoisotopic (exact) mass is 720 g/mol. The molecule has 3 atom stereocenters. The molecule has 0 aromatic carbocycles. The number of hydrogen-bond acceptors (Lipinski definition) is 4. The van der Waals surface area contributed by atoms with E-state index in [1.165, 1.54) is 186 Å². The Morgan fingerprint density at radius 3 is 1.27 bits per heavy atom. The van der Waals surface area contributed by atoms with Crippen LogP contribution in [-0.2, 0) is 4.79 Å². The van der Waals surface area contributed by atoms with Crippen molar-refractivity contribution in [2.75, 3.05) is 6.61 Å². The van der Waals surface area contributed by atoms with Crippen molar-refractivity contribution in [2.45, 2.75) is 257 Å². The Bertz CT molecular complexity index is 754. The maximum absolute atomic E-state index is 12.4. The Morgan fingerprint density at radius 2 is 0.882 bits per heavy atom. The number of nitrogens with one attached hydrogen (secondary N) is 1. The normalized spacial score (nSPS) is 13.7. The van der Waals surface area contributed by atoms with Crippen LogP contribution in [0, 0.1) is 0 Å². The molecule has 0 heterocycles. The first-order valence-corrected chi connectivity index (χ1v) is 22.6. The Balaban J connectivity index is 3.58.